The van der Waals surface area contributed by atoms with E-state index in [0.29, 0.717) is 25.6 Å². The molecule has 23 heavy (non-hydrogen) atoms. The number of halogens is 3. The monoisotopic (exact) mass is 334 g/mol. The minimum atomic E-state index is -4.66. The molecule has 0 radical (unpaired) electrons. The van der Waals surface area contributed by atoms with Gasteiger partial charge in [0.15, 0.2) is 0 Å². The highest BCUT2D eigenvalue weighted by atomic mass is 19.4. The van der Waals surface area contributed by atoms with E-state index in [2.05, 4.69) is 10.6 Å². The van der Waals surface area contributed by atoms with Gasteiger partial charge in [-0.1, -0.05) is 0 Å². The van der Waals surface area contributed by atoms with E-state index in [9.17, 15) is 28.1 Å². The Labute approximate surface area is 130 Å². The lowest BCUT2D eigenvalue weighted by Gasteiger charge is -2.10. The summed E-state index contributed by atoms with van der Waals surface area (Å²) in [7, 11) is 0. The summed E-state index contributed by atoms with van der Waals surface area (Å²) >= 11 is 0. The number of nitro benzene ring substituents is 1. The number of benzene rings is 1. The fourth-order valence-electron chi connectivity index (χ4n) is 1.74. The Kier molecular flexibility index (Phi) is 6.76. The maximum Gasteiger partial charge on any atom is 0.416 e. The number of nitrogens with zero attached hydrogens (tertiary/aromatic N) is 1. The summed E-state index contributed by atoms with van der Waals surface area (Å²) in [6, 6.07) is 2.19. The molecule has 10 heteroatoms. The van der Waals surface area contributed by atoms with Crippen LogP contribution in [-0.2, 0) is 11.0 Å². The SMILES string of the molecule is NCCCNC(=O)CCNc1ccc(C(F)(F)F)cc1[N+](=O)[O-]. The normalized spacial score (nSPS) is 11.1. The van der Waals surface area contributed by atoms with Crippen molar-refractivity contribution in [2.75, 3.05) is 25.0 Å². The Hall–Kier alpha value is -2.36. The standard InChI is InChI=1S/C13H17F3N4O3/c14-13(15,16)9-2-3-10(11(8-9)20(22)23)18-7-4-12(21)19-6-1-5-17/h2-3,8,18H,1,4-7,17H2,(H,19,21). The number of anilines is 1. The van der Waals surface area contributed by atoms with Gasteiger partial charge >= 0.3 is 6.18 Å². The zero-order valence-electron chi connectivity index (χ0n) is 12.2. The first-order valence-electron chi connectivity index (χ1n) is 6.82. The van der Waals surface area contributed by atoms with E-state index in [0.717, 1.165) is 12.1 Å². The average molecular weight is 334 g/mol. The van der Waals surface area contributed by atoms with Crippen LogP contribution in [0.2, 0.25) is 0 Å². The maximum absolute atomic E-state index is 12.6. The number of nitrogens with two attached hydrogens (primary N) is 1. The Morgan fingerprint density at radius 2 is 2.00 bits per heavy atom. The van der Waals surface area contributed by atoms with E-state index >= 15 is 0 Å². The van der Waals surface area contributed by atoms with Crippen LogP contribution < -0.4 is 16.4 Å². The first kappa shape index (κ1) is 18.7. The molecule has 0 heterocycles. The van der Waals surface area contributed by atoms with Crippen LogP contribution in [0.25, 0.3) is 0 Å². The van der Waals surface area contributed by atoms with Gasteiger partial charge in [-0.05, 0) is 25.1 Å². The lowest BCUT2D eigenvalue weighted by molar-refractivity contribution is -0.384. The molecule has 0 fully saturated rings. The van der Waals surface area contributed by atoms with Crippen molar-refractivity contribution in [2.24, 2.45) is 5.73 Å². The number of amides is 1. The molecule has 0 saturated heterocycles. The fourth-order valence-corrected chi connectivity index (χ4v) is 1.74. The van der Waals surface area contributed by atoms with Crippen LogP contribution in [0.3, 0.4) is 0 Å². The molecule has 0 aliphatic heterocycles. The highest BCUT2D eigenvalue weighted by molar-refractivity contribution is 5.76. The number of hydrogen-bond acceptors (Lipinski definition) is 5. The minimum absolute atomic E-state index is 0.0305. The van der Waals surface area contributed by atoms with Gasteiger partial charge in [-0.3, -0.25) is 14.9 Å². The second-order valence-corrected chi connectivity index (χ2v) is 4.66. The molecule has 0 unspecified atom stereocenters. The first-order chi connectivity index (χ1) is 10.8. The first-order valence-corrected chi connectivity index (χ1v) is 6.82. The third kappa shape index (κ3) is 6.10. The van der Waals surface area contributed by atoms with Crippen molar-refractivity contribution in [1.82, 2.24) is 5.32 Å². The second kappa shape index (κ2) is 8.32. The largest absolute Gasteiger partial charge is 0.416 e. The molecule has 0 aliphatic rings. The van der Waals surface area contributed by atoms with Gasteiger partial charge in [0.05, 0.1) is 10.5 Å². The zero-order valence-corrected chi connectivity index (χ0v) is 12.2. The molecule has 0 saturated carbocycles. The predicted octanol–water partition coefficient (Wildman–Crippen LogP) is 1.88. The van der Waals surface area contributed by atoms with Gasteiger partial charge in [0.1, 0.15) is 5.69 Å². The molecule has 0 atom stereocenters. The summed E-state index contributed by atoms with van der Waals surface area (Å²) in [6.45, 7) is 0.923. The third-order valence-corrected chi connectivity index (χ3v) is 2.89. The Morgan fingerprint density at radius 3 is 2.57 bits per heavy atom. The van der Waals surface area contributed by atoms with Gasteiger partial charge in [-0.15, -0.1) is 0 Å². The van der Waals surface area contributed by atoms with Gasteiger partial charge in [-0.2, -0.15) is 13.2 Å². The van der Waals surface area contributed by atoms with Crippen LogP contribution in [0, 0.1) is 10.1 Å². The van der Waals surface area contributed by atoms with Crippen LogP contribution in [0.15, 0.2) is 18.2 Å². The van der Waals surface area contributed by atoms with Crippen LogP contribution in [0.1, 0.15) is 18.4 Å². The molecule has 0 spiro atoms. The van der Waals surface area contributed by atoms with Gasteiger partial charge < -0.3 is 16.4 Å². The lowest BCUT2D eigenvalue weighted by Crippen LogP contribution is -2.27. The van der Waals surface area contributed by atoms with Gasteiger partial charge in [-0.25, -0.2) is 0 Å². The molecule has 1 rings (SSSR count). The number of nitrogens with one attached hydrogen (secondary N) is 2. The summed E-state index contributed by atoms with van der Waals surface area (Å²) in [4.78, 5) is 21.4. The highest BCUT2D eigenvalue weighted by Crippen LogP contribution is 2.34. The van der Waals surface area contributed by atoms with Crippen LogP contribution in [0.5, 0.6) is 0 Å². The number of nitro groups is 1. The van der Waals surface area contributed by atoms with E-state index < -0.39 is 22.4 Å². The quantitative estimate of drug-likeness (QED) is 0.382. The average Bonchev–Trinajstić information content (AvgIpc) is 2.46. The van der Waals surface area contributed by atoms with Gasteiger partial charge in [0.25, 0.3) is 5.69 Å². The number of rotatable bonds is 8. The van der Waals surface area contributed by atoms with Crippen LogP contribution >= 0.6 is 0 Å². The predicted molar refractivity (Wildman–Crippen MR) is 77.9 cm³/mol. The Morgan fingerprint density at radius 1 is 1.30 bits per heavy atom. The molecule has 4 N–H and O–H groups in total. The molecule has 0 bridgehead atoms. The maximum atomic E-state index is 12.6. The molecule has 0 aliphatic carbocycles. The second-order valence-electron chi connectivity index (χ2n) is 4.66. The summed E-state index contributed by atoms with van der Waals surface area (Å²) < 4.78 is 37.7. The highest BCUT2D eigenvalue weighted by Gasteiger charge is 2.32. The van der Waals surface area contributed by atoms with Crippen molar-refractivity contribution in [3.8, 4) is 0 Å². The molecular formula is C13H17F3N4O3. The molecule has 128 valence electrons. The van der Waals surface area contributed by atoms with E-state index in [1.807, 2.05) is 0 Å². The van der Waals surface area contributed by atoms with Crippen molar-refractivity contribution >= 4 is 17.3 Å². The van der Waals surface area contributed by atoms with Gasteiger partial charge in [0.2, 0.25) is 5.91 Å². The molecule has 1 aromatic rings. The number of hydrogen-bond donors (Lipinski definition) is 3. The smallest absolute Gasteiger partial charge is 0.379 e. The van der Waals surface area contributed by atoms with Crippen LogP contribution in [0.4, 0.5) is 24.5 Å². The van der Waals surface area contributed by atoms with Gasteiger partial charge in [0, 0.05) is 25.6 Å². The fraction of sp³-hybridized carbons (Fsp3) is 0.462. The van der Waals surface area contributed by atoms with E-state index in [4.69, 9.17) is 5.73 Å². The third-order valence-electron chi connectivity index (χ3n) is 2.89. The van der Waals surface area contributed by atoms with Crippen molar-refractivity contribution < 1.29 is 22.9 Å². The number of carbonyl (C=O) groups excluding carboxylic acids is 1. The topological polar surface area (TPSA) is 110 Å². The summed E-state index contributed by atoms with van der Waals surface area (Å²) in [5.41, 5.74) is 3.41. The number of alkyl halides is 3. The molecular weight excluding hydrogens is 317 g/mol. The van der Waals surface area contributed by atoms with E-state index in [1.54, 1.807) is 0 Å². The summed E-state index contributed by atoms with van der Waals surface area (Å²) in [5, 5.41) is 16.1. The molecule has 1 aromatic carbocycles. The number of carbonyl (C=O) groups is 1. The molecule has 0 aromatic heterocycles. The van der Waals surface area contributed by atoms with Crippen molar-refractivity contribution in [3.05, 3.63) is 33.9 Å². The summed E-state index contributed by atoms with van der Waals surface area (Å²) in [5.74, 6) is -0.277. The van der Waals surface area contributed by atoms with Crippen molar-refractivity contribution in [3.63, 3.8) is 0 Å². The molecule has 7 nitrogen and oxygen atoms in total. The van der Waals surface area contributed by atoms with Crippen molar-refractivity contribution in [2.45, 2.75) is 19.0 Å². The Balaban J connectivity index is 2.66. The lowest BCUT2D eigenvalue weighted by atomic mass is 10.1. The molecule has 1 amide bonds. The Bertz CT molecular complexity index is 564. The summed E-state index contributed by atoms with van der Waals surface area (Å²) in [6.07, 6.45) is -4.00. The van der Waals surface area contributed by atoms with E-state index in [-0.39, 0.29) is 24.6 Å². The van der Waals surface area contributed by atoms with Crippen LogP contribution in [-0.4, -0.2) is 30.5 Å². The minimum Gasteiger partial charge on any atom is -0.379 e. The van der Waals surface area contributed by atoms with Crippen molar-refractivity contribution in [1.29, 1.82) is 0 Å². The van der Waals surface area contributed by atoms with E-state index in [1.165, 1.54) is 0 Å². The zero-order chi connectivity index (χ0) is 17.5.